The summed E-state index contributed by atoms with van der Waals surface area (Å²) in [6.45, 7) is 4.30. The van der Waals surface area contributed by atoms with Crippen molar-refractivity contribution in [2.45, 2.75) is 32.6 Å². The highest BCUT2D eigenvalue weighted by Gasteiger charge is 2.57. The standard InChI is InChI=1S/C16H21NO/c1-2-12-4-3-5-13(10-12)15(18)14-11-16(14)6-8-17-9-7-16/h3-5,10,14,17H,2,6-9,11H2,1H3. The number of Topliss-reactive ketones (excluding diaryl/α,β-unsaturated/α-hetero) is 1. The molecule has 2 fully saturated rings. The molecule has 1 aliphatic carbocycles. The van der Waals surface area contributed by atoms with E-state index in [1.807, 2.05) is 12.1 Å². The van der Waals surface area contributed by atoms with E-state index in [1.165, 1.54) is 18.4 Å². The largest absolute Gasteiger partial charge is 0.317 e. The second kappa shape index (κ2) is 4.51. The molecule has 96 valence electrons. The molecule has 1 saturated carbocycles. The van der Waals surface area contributed by atoms with Gasteiger partial charge >= 0.3 is 0 Å². The Morgan fingerprint density at radius 2 is 2.17 bits per heavy atom. The molecule has 1 aliphatic heterocycles. The molecule has 1 heterocycles. The number of carbonyl (C=O) groups excluding carboxylic acids is 1. The fourth-order valence-corrected chi connectivity index (χ4v) is 3.34. The Labute approximate surface area is 109 Å². The number of hydrogen-bond acceptors (Lipinski definition) is 2. The lowest BCUT2D eigenvalue weighted by Crippen LogP contribution is -2.30. The van der Waals surface area contributed by atoms with Gasteiger partial charge in [-0.15, -0.1) is 0 Å². The van der Waals surface area contributed by atoms with Crippen molar-refractivity contribution in [1.82, 2.24) is 5.32 Å². The number of rotatable bonds is 3. The van der Waals surface area contributed by atoms with E-state index in [4.69, 9.17) is 0 Å². The third-order valence-corrected chi connectivity index (χ3v) is 4.73. The normalized spacial score (nSPS) is 25.1. The number of ketones is 1. The van der Waals surface area contributed by atoms with Gasteiger partial charge in [-0.3, -0.25) is 4.79 Å². The van der Waals surface area contributed by atoms with E-state index in [1.54, 1.807) is 0 Å². The first-order chi connectivity index (χ1) is 8.75. The van der Waals surface area contributed by atoms with Crippen LogP contribution in [0.15, 0.2) is 24.3 Å². The van der Waals surface area contributed by atoms with Crippen molar-refractivity contribution in [3.63, 3.8) is 0 Å². The Kier molecular flexibility index (Phi) is 2.98. The third-order valence-electron chi connectivity index (χ3n) is 4.73. The first-order valence-electron chi connectivity index (χ1n) is 7.09. The fraction of sp³-hybridized carbons (Fsp3) is 0.562. The van der Waals surface area contributed by atoms with Crippen LogP contribution in [0, 0.1) is 11.3 Å². The quantitative estimate of drug-likeness (QED) is 0.827. The van der Waals surface area contributed by atoms with Gasteiger partial charge in [0.2, 0.25) is 0 Å². The van der Waals surface area contributed by atoms with Gasteiger partial charge in [-0.25, -0.2) is 0 Å². The van der Waals surface area contributed by atoms with Crippen molar-refractivity contribution in [1.29, 1.82) is 0 Å². The van der Waals surface area contributed by atoms with E-state index in [2.05, 4.69) is 24.4 Å². The number of hydrogen-bond donors (Lipinski definition) is 1. The molecule has 18 heavy (non-hydrogen) atoms. The molecular weight excluding hydrogens is 222 g/mol. The zero-order valence-corrected chi connectivity index (χ0v) is 11.0. The van der Waals surface area contributed by atoms with Crippen molar-refractivity contribution >= 4 is 5.78 Å². The summed E-state index contributed by atoms with van der Waals surface area (Å²) in [5.41, 5.74) is 2.54. The molecule has 1 aromatic rings. The van der Waals surface area contributed by atoms with Crippen molar-refractivity contribution in [3.8, 4) is 0 Å². The number of nitrogens with one attached hydrogen (secondary N) is 1. The van der Waals surface area contributed by atoms with Crippen LogP contribution in [-0.2, 0) is 6.42 Å². The van der Waals surface area contributed by atoms with Gasteiger partial charge in [0.25, 0.3) is 0 Å². The third kappa shape index (κ3) is 1.99. The van der Waals surface area contributed by atoms with Crippen molar-refractivity contribution in [3.05, 3.63) is 35.4 Å². The number of aryl methyl sites for hydroxylation is 1. The Balaban J connectivity index is 1.75. The van der Waals surface area contributed by atoms with Gasteiger partial charge in [0.15, 0.2) is 5.78 Å². The summed E-state index contributed by atoms with van der Waals surface area (Å²) in [5, 5.41) is 3.39. The minimum Gasteiger partial charge on any atom is -0.317 e. The molecule has 2 heteroatoms. The smallest absolute Gasteiger partial charge is 0.166 e. The van der Waals surface area contributed by atoms with Crippen molar-refractivity contribution < 1.29 is 4.79 Å². The van der Waals surface area contributed by atoms with Crippen LogP contribution in [0.4, 0.5) is 0 Å². The number of carbonyl (C=O) groups is 1. The summed E-state index contributed by atoms with van der Waals surface area (Å²) in [6, 6.07) is 8.18. The summed E-state index contributed by atoms with van der Waals surface area (Å²) < 4.78 is 0. The van der Waals surface area contributed by atoms with Gasteiger partial charge in [-0.2, -0.15) is 0 Å². The fourth-order valence-electron chi connectivity index (χ4n) is 3.34. The van der Waals surface area contributed by atoms with Crippen LogP contribution in [-0.4, -0.2) is 18.9 Å². The van der Waals surface area contributed by atoms with Crippen LogP contribution < -0.4 is 5.32 Å². The minimum atomic E-state index is 0.298. The zero-order valence-electron chi connectivity index (χ0n) is 11.0. The Bertz CT molecular complexity index is 460. The highest BCUT2D eigenvalue weighted by Crippen LogP contribution is 2.59. The number of benzene rings is 1. The molecule has 1 aromatic carbocycles. The van der Waals surface area contributed by atoms with Crippen molar-refractivity contribution in [2.24, 2.45) is 11.3 Å². The van der Waals surface area contributed by atoms with Crippen LogP contribution in [0.25, 0.3) is 0 Å². The summed E-state index contributed by atoms with van der Waals surface area (Å²) in [5.74, 6) is 0.680. The maximum absolute atomic E-state index is 12.5. The van der Waals surface area contributed by atoms with Crippen LogP contribution in [0.2, 0.25) is 0 Å². The van der Waals surface area contributed by atoms with Gasteiger partial charge in [0.1, 0.15) is 0 Å². The summed E-state index contributed by atoms with van der Waals surface area (Å²) in [4.78, 5) is 12.5. The van der Waals surface area contributed by atoms with Crippen molar-refractivity contribution in [2.75, 3.05) is 13.1 Å². The molecule has 0 aromatic heterocycles. The van der Waals surface area contributed by atoms with Gasteiger partial charge in [-0.05, 0) is 55.8 Å². The molecule has 1 saturated heterocycles. The van der Waals surface area contributed by atoms with Crippen LogP contribution in [0.5, 0.6) is 0 Å². The lowest BCUT2D eigenvalue weighted by Gasteiger charge is -2.23. The Hall–Kier alpha value is -1.15. The van der Waals surface area contributed by atoms with E-state index in [0.717, 1.165) is 31.5 Å². The van der Waals surface area contributed by atoms with Crippen LogP contribution in [0.3, 0.4) is 0 Å². The first-order valence-corrected chi connectivity index (χ1v) is 7.09. The predicted octanol–water partition coefficient (Wildman–Crippen LogP) is 2.82. The molecule has 0 amide bonds. The second-order valence-electron chi connectivity index (χ2n) is 5.79. The average molecular weight is 243 g/mol. The summed E-state index contributed by atoms with van der Waals surface area (Å²) >= 11 is 0. The highest BCUT2D eigenvalue weighted by atomic mass is 16.1. The van der Waals surface area contributed by atoms with E-state index in [-0.39, 0.29) is 0 Å². The van der Waals surface area contributed by atoms with Crippen LogP contribution >= 0.6 is 0 Å². The second-order valence-corrected chi connectivity index (χ2v) is 5.79. The molecule has 1 atom stereocenters. The summed E-state index contributed by atoms with van der Waals surface area (Å²) in [6.07, 6.45) is 4.47. The van der Waals surface area contributed by atoms with Gasteiger partial charge in [0.05, 0.1) is 0 Å². The highest BCUT2D eigenvalue weighted by molar-refractivity contribution is 6.00. The predicted molar refractivity (Wildman–Crippen MR) is 72.8 cm³/mol. The molecule has 1 spiro atoms. The topological polar surface area (TPSA) is 29.1 Å². The van der Waals surface area contributed by atoms with E-state index in [0.29, 0.717) is 17.1 Å². The molecule has 3 rings (SSSR count). The maximum Gasteiger partial charge on any atom is 0.166 e. The SMILES string of the molecule is CCc1cccc(C(=O)C2CC23CCNCC3)c1. The average Bonchev–Trinajstić information content (AvgIpc) is 3.12. The monoisotopic (exact) mass is 243 g/mol. The molecule has 1 unspecified atom stereocenters. The lowest BCUT2D eigenvalue weighted by molar-refractivity contribution is 0.0940. The molecule has 1 N–H and O–H groups in total. The van der Waals surface area contributed by atoms with E-state index < -0.39 is 0 Å². The Morgan fingerprint density at radius 1 is 1.39 bits per heavy atom. The van der Waals surface area contributed by atoms with Gasteiger partial charge < -0.3 is 5.32 Å². The summed E-state index contributed by atoms with van der Waals surface area (Å²) in [7, 11) is 0. The molecule has 2 aliphatic rings. The van der Waals surface area contributed by atoms with E-state index >= 15 is 0 Å². The first kappa shape index (κ1) is 11.9. The van der Waals surface area contributed by atoms with Gasteiger partial charge in [-0.1, -0.05) is 25.1 Å². The number of piperidine rings is 1. The van der Waals surface area contributed by atoms with E-state index in [9.17, 15) is 4.79 Å². The molecule has 2 nitrogen and oxygen atoms in total. The Morgan fingerprint density at radius 3 is 2.89 bits per heavy atom. The molecule has 0 bridgehead atoms. The van der Waals surface area contributed by atoms with Crippen LogP contribution in [0.1, 0.15) is 42.1 Å². The zero-order chi connectivity index (χ0) is 12.6. The minimum absolute atomic E-state index is 0.298. The van der Waals surface area contributed by atoms with Gasteiger partial charge in [0, 0.05) is 11.5 Å². The maximum atomic E-state index is 12.5. The molecular formula is C16H21NO. The lowest BCUT2D eigenvalue weighted by atomic mass is 9.89. The molecule has 0 radical (unpaired) electrons.